The average molecular weight is 541 g/mol. The van der Waals surface area contributed by atoms with Crippen LogP contribution in [0.3, 0.4) is 0 Å². The van der Waals surface area contributed by atoms with Crippen LogP contribution >= 0.6 is 29.8 Å². The largest absolute Gasteiger partial charge is 0.309 e. The van der Waals surface area contributed by atoms with Crippen LogP contribution in [-0.4, -0.2) is 0 Å². The molecule has 1 aliphatic heterocycles. The van der Waals surface area contributed by atoms with E-state index in [1.165, 1.54) is 42.4 Å². The number of hydrogen-bond donors (Lipinski definition) is 0. The molecule has 8 rings (SSSR count). The molecule has 1 nitrogen and oxygen atoms in total. The molecule has 0 aliphatic carbocycles. The van der Waals surface area contributed by atoms with Gasteiger partial charge < -0.3 is 4.57 Å². The second kappa shape index (κ2) is 8.38. The Hall–Kier alpha value is -3.75. The molecule has 4 heteroatoms. The summed E-state index contributed by atoms with van der Waals surface area (Å²) in [6.45, 7) is 0. The molecule has 0 saturated heterocycles. The molecular weight excluding hydrogens is 519 g/mol. The van der Waals surface area contributed by atoms with Crippen molar-refractivity contribution in [3.8, 4) is 30.6 Å². The molecule has 2 aromatic heterocycles. The maximum atomic E-state index is 15.2. The lowest BCUT2D eigenvalue weighted by molar-refractivity contribution is 0.593. The summed E-state index contributed by atoms with van der Waals surface area (Å²) in [7, 11) is -2.98. The van der Waals surface area contributed by atoms with Crippen LogP contribution in [0.4, 0.5) is 0 Å². The number of fused-ring (bicyclic) bond motifs is 5. The van der Waals surface area contributed by atoms with Gasteiger partial charge in [-0.2, -0.15) is 0 Å². The summed E-state index contributed by atoms with van der Waals surface area (Å²) in [6, 6.07) is 44.6. The van der Waals surface area contributed by atoms with E-state index in [2.05, 4.69) is 97.1 Å². The third kappa shape index (κ3) is 3.26. The van der Waals surface area contributed by atoms with Crippen molar-refractivity contribution in [3.05, 3.63) is 127 Å². The zero-order valence-corrected chi connectivity index (χ0v) is 22.8. The zero-order valence-electron chi connectivity index (χ0n) is 20.3. The Kier molecular flexibility index (Phi) is 4.91. The van der Waals surface area contributed by atoms with Crippen LogP contribution < -0.4 is 15.9 Å². The van der Waals surface area contributed by atoms with E-state index in [1.807, 2.05) is 30.3 Å². The molecule has 0 unspecified atom stereocenters. The van der Waals surface area contributed by atoms with Gasteiger partial charge in [0.05, 0.1) is 9.75 Å². The minimum absolute atomic E-state index is 0.908. The van der Waals surface area contributed by atoms with Gasteiger partial charge in [-0.1, -0.05) is 103 Å². The minimum Gasteiger partial charge on any atom is -0.309 e. The van der Waals surface area contributed by atoms with Crippen molar-refractivity contribution < 1.29 is 4.57 Å². The van der Waals surface area contributed by atoms with E-state index in [0.29, 0.717) is 0 Å². The summed E-state index contributed by atoms with van der Waals surface area (Å²) in [4.78, 5) is 4.66. The Bertz CT molecular complexity index is 1940. The van der Waals surface area contributed by atoms with Gasteiger partial charge in [0.15, 0.2) is 7.14 Å². The van der Waals surface area contributed by atoms with Crippen molar-refractivity contribution in [2.24, 2.45) is 0 Å². The van der Waals surface area contributed by atoms with Gasteiger partial charge in [0, 0.05) is 25.7 Å². The highest BCUT2D eigenvalue weighted by Crippen LogP contribution is 2.58. The van der Waals surface area contributed by atoms with Crippen molar-refractivity contribution >= 4 is 67.3 Å². The highest BCUT2D eigenvalue weighted by Gasteiger charge is 2.43. The third-order valence-electron chi connectivity index (χ3n) is 7.50. The predicted molar refractivity (Wildman–Crippen MR) is 166 cm³/mol. The maximum Gasteiger partial charge on any atom is 0.174 e. The first-order valence-electron chi connectivity index (χ1n) is 12.6. The lowest BCUT2D eigenvalue weighted by Gasteiger charge is -2.14. The van der Waals surface area contributed by atoms with E-state index < -0.39 is 7.14 Å². The first kappa shape index (κ1) is 22.3. The van der Waals surface area contributed by atoms with Crippen LogP contribution in [0.2, 0.25) is 0 Å². The number of thiophene rings is 2. The average Bonchev–Trinajstić information content (AvgIpc) is 3.67. The Labute approximate surface area is 229 Å². The second-order valence-corrected chi connectivity index (χ2v) is 14.5. The van der Waals surface area contributed by atoms with Crippen LogP contribution in [0.15, 0.2) is 127 Å². The number of hydrogen-bond acceptors (Lipinski definition) is 3. The summed E-state index contributed by atoms with van der Waals surface area (Å²) in [5.41, 5.74) is 2.35. The maximum absolute atomic E-state index is 15.2. The second-order valence-electron chi connectivity index (χ2n) is 9.72. The van der Waals surface area contributed by atoms with Gasteiger partial charge >= 0.3 is 0 Å². The van der Waals surface area contributed by atoms with E-state index in [-0.39, 0.29) is 0 Å². The highest BCUT2D eigenvalue weighted by molar-refractivity contribution is 7.87. The number of rotatable bonds is 3. The molecule has 0 radical (unpaired) electrons. The summed E-state index contributed by atoms with van der Waals surface area (Å²) < 4.78 is 15.2. The monoisotopic (exact) mass is 540 g/mol. The smallest absolute Gasteiger partial charge is 0.174 e. The molecule has 38 heavy (non-hydrogen) atoms. The topological polar surface area (TPSA) is 17.1 Å². The van der Waals surface area contributed by atoms with Gasteiger partial charge in [-0.25, -0.2) is 0 Å². The zero-order chi connectivity index (χ0) is 25.3. The van der Waals surface area contributed by atoms with Crippen LogP contribution in [0, 0.1) is 0 Å². The fraction of sp³-hybridized carbons (Fsp3) is 0. The van der Waals surface area contributed by atoms with Gasteiger partial charge in [-0.15, -0.1) is 22.7 Å². The van der Waals surface area contributed by atoms with Crippen molar-refractivity contribution in [1.29, 1.82) is 0 Å². The van der Waals surface area contributed by atoms with E-state index >= 15 is 4.57 Å². The van der Waals surface area contributed by atoms with E-state index in [0.717, 1.165) is 25.7 Å². The molecular formula is C34H21OPS2. The van der Waals surface area contributed by atoms with Crippen LogP contribution in [0.25, 0.3) is 52.2 Å². The predicted octanol–water partition coefficient (Wildman–Crippen LogP) is 9.07. The first-order valence-corrected chi connectivity index (χ1v) is 16.0. The summed E-state index contributed by atoms with van der Waals surface area (Å²) in [5, 5.41) is 7.80. The molecule has 180 valence electrons. The Morgan fingerprint density at radius 3 is 1.39 bits per heavy atom. The number of benzene rings is 5. The molecule has 0 amide bonds. The van der Waals surface area contributed by atoms with Crippen LogP contribution in [0.1, 0.15) is 0 Å². The Balaban J connectivity index is 1.33. The molecule has 0 bridgehead atoms. The standard InChI is InChI=1S/C34H21OPS2/c35-36(28-12-2-1-3-13-28)29-20-31(26-16-14-22-8-4-6-10-24(22)18-26)37-33(29)34-30(36)21-32(38-34)27-17-15-23-9-5-7-11-25(23)19-27/h1-21H. The molecule has 0 saturated carbocycles. The molecule has 0 N–H and O–H groups in total. The van der Waals surface area contributed by atoms with Gasteiger partial charge in [0.2, 0.25) is 0 Å². The van der Waals surface area contributed by atoms with Crippen molar-refractivity contribution in [2.45, 2.75) is 0 Å². The Morgan fingerprint density at radius 2 is 0.895 bits per heavy atom. The minimum atomic E-state index is -2.98. The quantitative estimate of drug-likeness (QED) is 0.204. The molecule has 0 spiro atoms. The lowest BCUT2D eigenvalue weighted by Crippen LogP contribution is -2.19. The summed E-state index contributed by atoms with van der Waals surface area (Å²) in [5.74, 6) is 0. The van der Waals surface area contributed by atoms with Crippen molar-refractivity contribution in [1.82, 2.24) is 0 Å². The molecule has 1 aliphatic rings. The fourth-order valence-electron chi connectivity index (χ4n) is 5.57. The van der Waals surface area contributed by atoms with E-state index in [1.54, 1.807) is 22.7 Å². The van der Waals surface area contributed by atoms with Crippen molar-refractivity contribution in [2.75, 3.05) is 0 Å². The molecule has 7 aromatic rings. The van der Waals surface area contributed by atoms with Gasteiger partial charge in [0.1, 0.15) is 0 Å². The van der Waals surface area contributed by atoms with Crippen molar-refractivity contribution in [3.63, 3.8) is 0 Å². The Morgan fingerprint density at radius 1 is 0.447 bits per heavy atom. The van der Waals surface area contributed by atoms with Crippen LogP contribution in [-0.2, 0) is 4.57 Å². The summed E-state index contributed by atoms with van der Waals surface area (Å²) >= 11 is 3.55. The summed E-state index contributed by atoms with van der Waals surface area (Å²) in [6.07, 6.45) is 0. The molecule has 0 atom stereocenters. The highest BCUT2D eigenvalue weighted by atomic mass is 32.1. The molecule has 0 fully saturated rings. The van der Waals surface area contributed by atoms with Crippen LogP contribution in [0.5, 0.6) is 0 Å². The van der Waals surface area contributed by atoms with Gasteiger partial charge in [-0.05, 0) is 56.9 Å². The third-order valence-corrected chi connectivity index (χ3v) is 13.4. The SMILES string of the molecule is O=P1(c2ccccc2)c2cc(-c3ccc4ccccc4c3)sc2-c2sc(-c3ccc4ccccc4c3)cc21. The molecule has 3 heterocycles. The lowest BCUT2D eigenvalue weighted by atomic mass is 10.1. The van der Waals surface area contributed by atoms with Gasteiger partial charge in [-0.3, -0.25) is 0 Å². The molecule has 5 aromatic carbocycles. The fourth-order valence-corrected chi connectivity index (χ4v) is 12.0. The van der Waals surface area contributed by atoms with Gasteiger partial charge in [0.25, 0.3) is 0 Å². The normalized spacial score (nSPS) is 13.6. The van der Waals surface area contributed by atoms with E-state index in [4.69, 9.17) is 0 Å². The van der Waals surface area contributed by atoms with E-state index in [9.17, 15) is 0 Å². The first-order chi connectivity index (χ1) is 18.7.